The Balaban J connectivity index is 1.39. The number of allylic oxidation sites excluding steroid dienone is 3. The van der Waals surface area contributed by atoms with Crippen molar-refractivity contribution < 1.29 is 0 Å². The van der Waals surface area contributed by atoms with Crippen LogP contribution in [0.2, 0.25) is 0 Å². The lowest BCUT2D eigenvalue weighted by molar-refractivity contribution is -0.220. The molecule has 0 unspecified atom stereocenters. The van der Waals surface area contributed by atoms with Gasteiger partial charge < -0.3 is 5.21 Å². The first kappa shape index (κ1) is 27.2. The molecule has 1 aromatic carbocycles. The molecule has 0 N–H and O–H groups in total. The van der Waals surface area contributed by atoms with Crippen molar-refractivity contribution in [3.8, 4) is 6.07 Å². The third kappa shape index (κ3) is 3.50. The van der Waals surface area contributed by atoms with Crippen LogP contribution in [0, 0.1) is 74.9 Å². The van der Waals surface area contributed by atoms with Gasteiger partial charge in [0, 0.05) is 5.01 Å². The van der Waals surface area contributed by atoms with Gasteiger partial charge in [-0.05, 0) is 134 Å². The third-order valence-corrected chi connectivity index (χ3v) is 14.3. The molecule has 0 saturated heterocycles. The first-order valence-electron chi connectivity index (χ1n) is 15.9. The number of rotatable bonds is 2. The van der Waals surface area contributed by atoms with Crippen LogP contribution >= 0.6 is 0 Å². The van der Waals surface area contributed by atoms with Gasteiger partial charge in [-0.1, -0.05) is 82.7 Å². The molecule has 6 rings (SSSR count). The Kier molecular flexibility index (Phi) is 6.09. The maximum Gasteiger partial charge on any atom is 0.305 e. The highest BCUT2D eigenvalue weighted by molar-refractivity contribution is 5.71. The van der Waals surface area contributed by atoms with Crippen molar-refractivity contribution in [1.82, 2.24) is 0 Å². The lowest BCUT2D eigenvalue weighted by atomic mass is 9.32. The van der Waals surface area contributed by atoms with Crippen LogP contribution in [0.4, 0.5) is 0 Å². The molecular formula is C37H51NO. The molecule has 0 spiro atoms. The monoisotopic (exact) mass is 525 g/mol. The molecule has 0 heterocycles. The first-order valence-corrected chi connectivity index (χ1v) is 15.9. The number of fused-ring (bicyclic) bond motifs is 7. The predicted molar refractivity (Wildman–Crippen MR) is 164 cm³/mol. The molecule has 0 radical (unpaired) electrons. The Morgan fingerprint density at radius 1 is 0.897 bits per heavy atom. The molecule has 5 aliphatic rings. The second kappa shape index (κ2) is 8.74. The van der Waals surface area contributed by atoms with E-state index in [4.69, 9.17) is 0 Å². The number of aryl methyl sites for hydroxylation is 1. The molecule has 2 heteroatoms. The van der Waals surface area contributed by atoms with Gasteiger partial charge in [0.2, 0.25) is 0 Å². The van der Waals surface area contributed by atoms with Crippen LogP contribution in [0.25, 0.3) is 10.6 Å². The zero-order chi connectivity index (χ0) is 28.0. The van der Waals surface area contributed by atoms with Gasteiger partial charge in [0.1, 0.15) is 5.41 Å². The SMILES string of the molecule is C=C(C)[C@@H]1CC[C@]2(C#[N+][O-])CC[C@]3(C)[C@H](CC[C@@H]4[C@@]5(C)CC=C(c6ccc(C)cc6)C(C)(C)[C@@H]5CC[C@]43C)[C@@H]12. The predicted octanol–water partition coefficient (Wildman–Crippen LogP) is 10.5. The maximum atomic E-state index is 11.6. The van der Waals surface area contributed by atoms with Gasteiger partial charge in [0.05, 0.1) is 0 Å². The molecule has 4 fully saturated rings. The fourth-order valence-electron chi connectivity index (χ4n) is 12.3. The summed E-state index contributed by atoms with van der Waals surface area (Å²) >= 11 is 0. The number of hydrogen-bond acceptors (Lipinski definition) is 1. The van der Waals surface area contributed by atoms with Crippen molar-refractivity contribution in [1.29, 1.82) is 0 Å². The molecule has 1 aromatic rings. The Morgan fingerprint density at radius 2 is 1.62 bits per heavy atom. The minimum absolute atomic E-state index is 0.127. The second-order valence-electron chi connectivity index (χ2n) is 16.0. The lowest BCUT2D eigenvalue weighted by Gasteiger charge is -2.72. The zero-order valence-electron chi connectivity index (χ0n) is 25.7. The van der Waals surface area contributed by atoms with Crippen LogP contribution in [0.1, 0.15) is 110 Å². The quantitative estimate of drug-likeness (QED) is 0.279. The van der Waals surface area contributed by atoms with E-state index >= 15 is 0 Å². The summed E-state index contributed by atoms with van der Waals surface area (Å²) in [4.78, 5) is 0. The highest BCUT2D eigenvalue weighted by Gasteiger charge is 2.71. The van der Waals surface area contributed by atoms with Crippen molar-refractivity contribution in [3.63, 3.8) is 0 Å². The Hall–Kier alpha value is -2.01. The molecule has 39 heavy (non-hydrogen) atoms. The van der Waals surface area contributed by atoms with Crippen molar-refractivity contribution in [3.05, 3.63) is 63.8 Å². The van der Waals surface area contributed by atoms with E-state index in [1.165, 1.54) is 55.2 Å². The number of hydrogen-bond donors (Lipinski definition) is 0. The van der Waals surface area contributed by atoms with Gasteiger partial charge in [-0.15, -0.1) is 0 Å². The summed E-state index contributed by atoms with van der Waals surface area (Å²) in [5.41, 5.74) is 6.59. The summed E-state index contributed by atoms with van der Waals surface area (Å²) in [6, 6.07) is 12.4. The average Bonchev–Trinajstić information content (AvgIpc) is 3.25. The molecule has 4 saturated carbocycles. The average molecular weight is 526 g/mol. The van der Waals surface area contributed by atoms with Crippen molar-refractivity contribution in [2.45, 2.75) is 106 Å². The summed E-state index contributed by atoms with van der Waals surface area (Å²) in [5.74, 6) is 3.04. The van der Waals surface area contributed by atoms with Crippen LogP contribution < -0.4 is 0 Å². The van der Waals surface area contributed by atoms with E-state index in [2.05, 4.69) is 96.5 Å². The van der Waals surface area contributed by atoms with E-state index in [9.17, 15) is 5.21 Å². The summed E-state index contributed by atoms with van der Waals surface area (Å²) < 4.78 is 0. The highest BCUT2D eigenvalue weighted by Crippen LogP contribution is 2.77. The van der Waals surface area contributed by atoms with Gasteiger partial charge >= 0.3 is 6.07 Å². The molecule has 5 aliphatic carbocycles. The Labute approximate surface area is 238 Å². The first-order chi connectivity index (χ1) is 18.3. The number of benzene rings is 1. The molecule has 0 aromatic heterocycles. The Bertz CT molecular complexity index is 1260. The van der Waals surface area contributed by atoms with Gasteiger partial charge in [0.15, 0.2) is 0 Å². The molecule has 9 atom stereocenters. The number of nitrogens with zero attached hydrogens (tertiary/aromatic N) is 1. The van der Waals surface area contributed by atoms with E-state index < -0.39 is 0 Å². The molecular weight excluding hydrogens is 474 g/mol. The molecule has 0 bridgehead atoms. The van der Waals surface area contributed by atoms with E-state index in [1.54, 1.807) is 5.57 Å². The van der Waals surface area contributed by atoms with Crippen LogP contribution in [0.5, 0.6) is 0 Å². The minimum atomic E-state index is -0.127. The standard InChI is InChI=1S/C37H51NO/c1-24(2)27-15-20-37(23-38-39)22-21-35(7)29(32(27)37)13-14-31-34(6)18-16-28(26-11-9-25(3)10-12-26)33(4,5)30(34)17-19-36(31,35)8/h9-12,16,27,29-32H,1,13-15,17-22H2,2-8H3/t27-,29+,30-,31+,32+,34-,35+,36+,37+/m0/s1. The third-order valence-electron chi connectivity index (χ3n) is 14.3. The maximum absolute atomic E-state index is 11.6. The van der Waals surface area contributed by atoms with Crippen LogP contribution in [0.3, 0.4) is 0 Å². The van der Waals surface area contributed by atoms with Gasteiger partial charge in [-0.3, -0.25) is 0 Å². The molecule has 0 amide bonds. The van der Waals surface area contributed by atoms with E-state index in [-0.39, 0.29) is 16.2 Å². The largest absolute Gasteiger partial charge is 0.498 e. The Morgan fingerprint density at radius 3 is 2.28 bits per heavy atom. The molecule has 210 valence electrons. The van der Waals surface area contributed by atoms with Crippen molar-refractivity contribution >= 4 is 5.57 Å². The summed E-state index contributed by atoms with van der Waals surface area (Å²) in [7, 11) is 0. The lowest BCUT2D eigenvalue weighted by Crippen LogP contribution is -2.65. The zero-order valence-corrected chi connectivity index (χ0v) is 25.7. The van der Waals surface area contributed by atoms with Crippen LogP contribution in [-0.4, -0.2) is 0 Å². The fourth-order valence-corrected chi connectivity index (χ4v) is 12.3. The molecule has 2 nitrogen and oxygen atoms in total. The normalized spacial score (nSPS) is 45.9. The van der Waals surface area contributed by atoms with Crippen molar-refractivity contribution in [2.75, 3.05) is 0 Å². The van der Waals surface area contributed by atoms with Crippen LogP contribution in [-0.2, 0) is 0 Å². The summed E-state index contributed by atoms with van der Waals surface area (Å²) in [5, 5.41) is 15.0. The van der Waals surface area contributed by atoms with Crippen LogP contribution in [0.15, 0.2) is 42.5 Å². The van der Waals surface area contributed by atoms with Gasteiger partial charge in [0.25, 0.3) is 0 Å². The van der Waals surface area contributed by atoms with E-state index in [1.807, 2.05) is 0 Å². The smallest absolute Gasteiger partial charge is 0.305 e. The van der Waals surface area contributed by atoms with Gasteiger partial charge in [-0.2, -0.15) is 0 Å². The second-order valence-corrected chi connectivity index (χ2v) is 16.0. The summed E-state index contributed by atoms with van der Waals surface area (Å²) in [6.07, 6.45) is 13.6. The highest BCUT2D eigenvalue weighted by atomic mass is 16.4. The van der Waals surface area contributed by atoms with E-state index in [0.717, 1.165) is 25.2 Å². The van der Waals surface area contributed by atoms with Gasteiger partial charge in [-0.25, -0.2) is 0 Å². The minimum Gasteiger partial charge on any atom is -0.498 e. The van der Waals surface area contributed by atoms with Crippen molar-refractivity contribution in [2.24, 2.45) is 56.7 Å². The summed E-state index contributed by atoms with van der Waals surface area (Å²) in [6.45, 7) is 22.0. The molecule has 0 aliphatic heterocycles. The topological polar surface area (TPSA) is 27.4 Å². The fraction of sp³-hybridized carbons (Fsp3) is 0.703. The van der Waals surface area contributed by atoms with E-state index in [0.29, 0.717) is 34.5 Å².